The van der Waals surface area contributed by atoms with Crippen LogP contribution in [-0.4, -0.2) is 59.4 Å². The van der Waals surface area contributed by atoms with Crippen molar-refractivity contribution in [1.29, 1.82) is 0 Å². The van der Waals surface area contributed by atoms with E-state index in [-0.39, 0.29) is 18.4 Å². The monoisotopic (exact) mass is 277 g/mol. The number of piperazine rings is 1. The minimum atomic E-state index is -0.102. The van der Waals surface area contributed by atoms with Crippen molar-refractivity contribution in [1.82, 2.24) is 20.2 Å². The summed E-state index contributed by atoms with van der Waals surface area (Å²) >= 11 is 0. The molecule has 2 amide bonds. The normalized spacial score (nSPS) is 15.1. The first-order chi connectivity index (χ1) is 9.70. The fourth-order valence-electron chi connectivity index (χ4n) is 2.02. The van der Waals surface area contributed by atoms with Crippen molar-refractivity contribution in [3.05, 3.63) is 18.5 Å². The molecule has 0 radical (unpaired) electrons. The average Bonchev–Trinajstić information content (AvgIpc) is 2.53. The van der Waals surface area contributed by atoms with Crippen LogP contribution in [0.4, 0.5) is 5.95 Å². The molecule has 1 aliphatic heterocycles. The van der Waals surface area contributed by atoms with Crippen molar-refractivity contribution in [3.63, 3.8) is 0 Å². The van der Waals surface area contributed by atoms with Crippen LogP contribution in [0.25, 0.3) is 0 Å². The van der Waals surface area contributed by atoms with Gasteiger partial charge in [-0.1, -0.05) is 6.92 Å². The highest BCUT2D eigenvalue weighted by Gasteiger charge is 2.22. The second kappa shape index (κ2) is 6.83. The lowest BCUT2D eigenvalue weighted by Crippen LogP contribution is -2.51. The van der Waals surface area contributed by atoms with Crippen molar-refractivity contribution in [3.8, 4) is 0 Å². The first-order valence-corrected chi connectivity index (χ1v) is 6.77. The summed E-state index contributed by atoms with van der Waals surface area (Å²) in [4.78, 5) is 35.3. The van der Waals surface area contributed by atoms with E-state index in [1.165, 1.54) is 0 Å². The molecule has 1 N–H and O–H groups in total. The van der Waals surface area contributed by atoms with E-state index in [0.29, 0.717) is 38.5 Å². The van der Waals surface area contributed by atoms with Gasteiger partial charge in [-0.05, 0) is 6.07 Å². The third-order valence-electron chi connectivity index (χ3n) is 3.23. The smallest absolute Gasteiger partial charge is 0.242 e. The Morgan fingerprint density at radius 2 is 1.85 bits per heavy atom. The van der Waals surface area contributed by atoms with Crippen LogP contribution in [0.2, 0.25) is 0 Å². The van der Waals surface area contributed by atoms with Gasteiger partial charge < -0.3 is 15.1 Å². The molecule has 108 valence electrons. The zero-order chi connectivity index (χ0) is 14.4. The Hall–Kier alpha value is -2.18. The average molecular weight is 277 g/mol. The summed E-state index contributed by atoms with van der Waals surface area (Å²) in [5.74, 6) is 0.550. The number of nitrogens with zero attached hydrogens (tertiary/aromatic N) is 4. The van der Waals surface area contributed by atoms with Crippen molar-refractivity contribution < 1.29 is 9.59 Å². The highest BCUT2D eigenvalue weighted by molar-refractivity contribution is 5.84. The van der Waals surface area contributed by atoms with E-state index in [2.05, 4.69) is 20.2 Å². The Kier molecular flexibility index (Phi) is 4.86. The second-order valence-corrected chi connectivity index (χ2v) is 4.55. The zero-order valence-corrected chi connectivity index (χ0v) is 11.6. The minimum Gasteiger partial charge on any atom is -0.347 e. The maximum absolute atomic E-state index is 11.9. The van der Waals surface area contributed by atoms with Gasteiger partial charge in [-0.15, -0.1) is 0 Å². The van der Waals surface area contributed by atoms with Crippen molar-refractivity contribution in [2.75, 3.05) is 37.6 Å². The van der Waals surface area contributed by atoms with Crippen LogP contribution in [0.1, 0.15) is 13.3 Å². The molecular formula is C13H19N5O2. The first kappa shape index (κ1) is 14.2. The molecular weight excluding hydrogens is 258 g/mol. The molecule has 1 aromatic heterocycles. The number of anilines is 1. The molecule has 0 atom stereocenters. The SMILES string of the molecule is CCC(=O)NCC(=O)N1CCN(c2ncccn2)CC1. The lowest BCUT2D eigenvalue weighted by molar-refractivity contribution is -0.133. The highest BCUT2D eigenvalue weighted by Crippen LogP contribution is 2.09. The van der Waals surface area contributed by atoms with Gasteiger partial charge in [0.2, 0.25) is 17.8 Å². The molecule has 0 aliphatic carbocycles. The number of carbonyl (C=O) groups excluding carboxylic acids is 2. The Bertz CT molecular complexity index is 457. The van der Waals surface area contributed by atoms with Crippen LogP contribution in [-0.2, 0) is 9.59 Å². The summed E-state index contributed by atoms with van der Waals surface area (Å²) in [7, 11) is 0. The van der Waals surface area contributed by atoms with Gasteiger partial charge in [-0.3, -0.25) is 9.59 Å². The number of hydrogen-bond acceptors (Lipinski definition) is 5. The number of aromatic nitrogens is 2. The number of amides is 2. The molecule has 1 fully saturated rings. The van der Waals surface area contributed by atoms with E-state index in [4.69, 9.17) is 0 Å². The quantitative estimate of drug-likeness (QED) is 0.814. The summed E-state index contributed by atoms with van der Waals surface area (Å²) < 4.78 is 0. The fourth-order valence-corrected chi connectivity index (χ4v) is 2.02. The fraction of sp³-hybridized carbons (Fsp3) is 0.538. The molecule has 0 bridgehead atoms. The molecule has 2 heterocycles. The highest BCUT2D eigenvalue weighted by atomic mass is 16.2. The third-order valence-corrected chi connectivity index (χ3v) is 3.23. The Morgan fingerprint density at radius 1 is 1.20 bits per heavy atom. The van der Waals surface area contributed by atoms with Gasteiger partial charge in [0.15, 0.2) is 0 Å². The molecule has 0 spiro atoms. The summed E-state index contributed by atoms with van der Waals surface area (Å²) in [6.07, 6.45) is 3.81. The number of hydrogen-bond donors (Lipinski definition) is 1. The Morgan fingerprint density at radius 3 is 2.45 bits per heavy atom. The lowest BCUT2D eigenvalue weighted by atomic mass is 10.3. The van der Waals surface area contributed by atoms with Gasteiger partial charge in [-0.2, -0.15) is 0 Å². The Balaban J connectivity index is 1.79. The first-order valence-electron chi connectivity index (χ1n) is 6.77. The van der Waals surface area contributed by atoms with Crippen LogP contribution in [0.3, 0.4) is 0 Å². The molecule has 1 aliphatic rings. The predicted molar refractivity (Wildman–Crippen MR) is 74.1 cm³/mol. The zero-order valence-electron chi connectivity index (χ0n) is 11.6. The maximum Gasteiger partial charge on any atom is 0.242 e. The minimum absolute atomic E-state index is 0.0413. The summed E-state index contributed by atoms with van der Waals surface area (Å²) in [5.41, 5.74) is 0. The Labute approximate surface area is 118 Å². The molecule has 0 unspecified atom stereocenters. The van der Waals surface area contributed by atoms with E-state index in [1.807, 2.05) is 0 Å². The predicted octanol–water partition coefficient (Wildman–Crippen LogP) is -0.349. The second-order valence-electron chi connectivity index (χ2n) is 4.55. The van der Waals surface area contributed by atoms with Crippen LogP contribution in [0.5, 0.6) is 0 Å². The summed E-state index contributed by atoms with van der Waals surface area (Å²) in [6.45, 7) is 4.50. The number of nitrogens with one attached hydrogen (secondary N) is 1. The van der Waals surface area contributed by atoms with Gasteiger partial charge in [0, 0.05) is 45.0 Å². The molecule has 0 aromatic carbocycles. The number of carbonyl (C=O) groups is 2. The summed E-state index contributed by atoms with van der Waals surface area (Å²) in [6, 6.07) is 1.78. The van der Waals surface area contributed by atoms with Crippen LogP contribution >= 0.6 is 0 Å². The van der Waals surface area contributed by atoms with Gasteiger partial charge in [0.25, 0.3) is 0 Å². The maximum atomic E-state index is 11.9. The van der Waals surface area contributed by atoms with E-state index in [1.54, 1.807) is 30.3 Å². The van der Waals surface area contributed by atoms with Gasteiger partial charge in [-0.25, -0.2) is 9.97 Å². The van der Waals surface area contributed by atoms with E-state index in [9.17, 15) is 9.59 Å². The van der Waals surface area contributed by atoms with Gasteiger partial charge >= 0.3 is 0 Å². The van der Waals surface area contributed by atoms with Crippen LogP contribution in [0.15, 0.2) is 18.5 Å². The summed E-state index contributed by atoms with van der Waals surface area (Å²) in [5, 5.41) is 2.60. The molecule has 1 aromatic rings. The van der Waals surface area contributed by atoms with Crippen molar-refractivity contribution in [2.24, 2.45) is 0 Å². The van der Waals surface area contributed by atoms with Crippen LogP contribution in [0, 0.1) is 0 Å². The van der Waals surface area contributed by atoms with Crippen molar-refractivity contribution >= 4 is 17.8 Å². The third kappa shape index (κ3) is 3.66. The lowest BCUT2D eigenvalue weighted by Gasteiger charge is -2.34. The molecule has 0 saturated carbocycles. The van der Waals surface area contributed by atoms with E-state index in [0.717, 1.165) is 0 Å². The topological polar surface area (TPSA) is 78.4 Å². The molecule has 7 heteroatoms. The largest absolute Gasteiger partial charge is 0.347 e. The molecule has 7 nitrogen and oxygen atoms in total. The molecule has 1 saturated heterocycles. The molecule has 20 heavy (non-hydrogen) atoms. The van der Waals surface area contributed by atoms with Gasteiger partial charge in [0.05, 0.1) is 6.54 Å². The van der Waals surface area contributed by atoms with Crippen LogP contribution < -0.4 is 10.2 Å². The number of rotatable bonds is 4. The van der Waals surface area contributed by atoms with Gasteiger partial charge in [0.1, 0.15) is 0 Å². The molecule has 2 rings (SSSR count). The van der Waals surface area contributed by atoms with E-state index < -0.39 is 0 Å². The van der Waals surface area contributed by atoms with E-state index >= 15 is 0 Å². The van der Waals surface area contributed by atoms with Crippen molar-refractivity contribution in [2.45, 2.75) is 13.3 Å². The standard InChI is InChI=1S/C13H19N5O2/c1-2-11(19)16-10-12(20)17-6-8-18(9-7-17)13-14-4-3-5-15-13/h3-5H,2,6-10H2,1H3,(H,16,19).